The van der Waals surface area contributed by atoms with Gasteiger partial charge in [0.05, 0.1) is 4.90 Å². The van der Waals surface area contributed by atoms with E-state index >= 15 is 0 Å². The lowest BCUT2D eigenvalue weighted by molar-refractivity contribution is -0.112. The van der Waals surface area contributed by atoms with Gasteiger partial charge in [-0.15, -0.1) is 0 Å². The van der Waals surface area contributed by atoms with Crippen LogP contribution in [0.1, 0.15) is 12.5 Å². The van der Waals surface area contributed by atoms with Crippen molar-refractivity contribution in [2.24, 2.45) is 0 Å². The van der Waals surface area contributed by atoms with Gasteiger partial charge < -0.3 is 0 Å². The van der Waals surface area contributed by atoms with Gasteiger partial charge in [-0.1, -0.05) is 60.7 Å². The molecule has 0 atom stereocenters. The van der Waals surface area contributed by atoms with Crippen molar-refractivity contribution in [3.05, 3.63) is 90.5 Å². The highest BCUT2D eigenvalue weighted by atomic mass is 32.2. The zero-order chi connectivity index (χ0) is 19.3. The number of rotatable bonds is 6. The van der Waals surface area contributed by atoms with E-state index in [9.17, 15) is 13.2 Å². The lowest BCUT2D eigenvalue weighted by Crippen LogP contribution is -2.12. The summed E-state index contributed by atoms with van der Waals surface area (Å²) in [6.07, 6.45) is 3.15. The molecule has 0 spiro atoms. The molecule has 3 aromatic carbocycles. The van der Waals surface area contributed by atoms with Crippen molar-refractivity contribution in [2.45, 2.75) is 11.8 Å². The van der Waals surface area contributed by atoms with Crippen LogP contribution in [0.3, 0.4) is 0 Å². The number of hydrogen-bond donors (Lipinski definition) is 1. The van der Waals surface area contributed by atoms with E-state index in [1.807, 2.05) is 30.3 Å². The monoisotopic (exact) mass is 377 g/mol. The van der Waals surface area contributed by atoms with Gasteiger partial charge in [0.1, 0.15) is 0 Å². The van der Waals surface area contributed by atoms with Gasteiger partial charge in [0, 0.05) is 5.69 Å². The summed E-state index contributed by atoms with van der Waals surface area (Å²) in [5.74, 6) is -0.0428. The van der Waals surface area contributed by atoms with Gasteiger partial charge in [0.15, 0.2) is 5.78 Å². The van der Waals surface area contributed by atoms with Crippen molar-refractivity contribution in [2.75, 3.05) is 4.72 Å². The molecule has 0 heterocycles. The molecule has 1 N–H and O–H groups in total. The summed E-state index contributed by atoms with van der Waals surface area (Å²) in [5, 5.41) is 0. The fourth-order valence-corrected chi connectivity index (χ4v) is 3.61. The summed E-state index contributed by atoms with van der Waals surface area (Å²) in [6.45, 7) is 1.47. The Balaban J connectivity index is 1.75. The van der Waals surface area contributed by atoms with Gasteiger partial charge in [-0.3, -0.25) is 9.52 Å². The number of carbonyl (C=O) groups is 1. The second-order valence-electron chi connectivity index (χ2n) is 6.06. The molecule has 0 aliphatic carbocycles. The molecule has 27 heavy (non-hydrogen) atoms. The Morgan fingerprint density at radius 2 is 1.41 bits per heavy atom. The highest BCUT2D eigenvalue weighted by Crippen LogP contribution is 2.22. The van der Waals surface area contributed by atoms with Crippen molar-refractivity contribution in [1.82, 2.24) is 0 Å². The van der Waals surface area contributed by atoms with Crippen molar-refractivity contribution in [3.8, 4) is 11.1 Å². The lowest BCUT2D eigenvalue weighted by atomic mass is 10.1. The molecule has 5 heteroatoms. The summed E-state index contributed by atoms with van der Waals surface area (Å²) in [7, 11) is -3.67. The van der Waals surface area contributed by atoms with Crippen LogP contribution < -0.4 is 4.72 Å². The van der Waals surface area contributed by atoms with Crippen molar-refractivity contribution < 1.29 is 13.2 Å². The average molecular weight is 377 g/mol. The number of sulfonamides is 1. The predicted octanol–water partition coefficient (Wildman–Crippen LogP) is 4.76. The van der Waals surface area contributed by atoms with Gasteiger partial charge >= 0.3 is 0 Å². The average Bonchev–Trinajstić information content (AvgIpc) is 2.68. The van der Waals surface area contributed by atoms with Crippen molar-refractivity contribution in [3.63, 3.8) is 0 Å². The topological polar surface area (TPSA) is 63.2 Å². The first kappa shape index (κ1) is 18.6. The summed E-state index contributed by atoms with van der Waals surface area (Å²) >= 11 is 0. The Bertz CT molecular complexity index is 1050. The van der Waals surface area contributed by atoms with E-state index in [-0.39, 0.29) is 10.7 Å². The maximum Gasteiger partial charge on any atom is 0.261 e. The molecule has 3 rings (SSSR count). The number of hydrogen-bond acceptors (Lipinski definition) is 3. The van der Waals surface area contributed by atoms with E-state index in [0.29, 0.717) is 5.69 Å². The van der Waals surface area contributed by atoms with Crippen LogP contribution in [0.2, 0.25) is 0 Å². The molecule has 0 aromatic heterocycles. The SMILES string of the molecule is CC(=O)/C=C/c1ccc(NS(=O)(=O)c2ccc(-c3ccccc3)cc2)cc1. The van der Waals surface area contributed by atoms with E-state index in [1.54, 1.807) is 54.6 Å². The van der Waals surface area contributed by atoms with Crippen LogP contribution in [0.4, 0.5) is 5.69 Å². The Hall–Kier alpha value is -3.18. The third-order valence-corrected chi connectivity index (χ3v) is 5.34. The summed E-state index contributed by atoms with van der Waals surface area (Å²) in [6, 6.07) is 23.4. The van der Waals surface area contributed by atoms with Crippen molar-refractivity contribution >= 4 is 27.6 Å². The van der Waals surface area contributed by atoms with E-state index in [1.165, 1.54) is 13.0 Å². The molecule has 0 aliphatic heterocycles. The fourth-order valence-electron chi connectivity index (χ4n) is 2.55. The van der Waals surface area contributed by atoms with Crippen LogP contribution in [-0.4, -0.2) is 14.2 Å². The molecule has 0 radical (unpaired) electrons. The molecule has 0 fully saturated rings. The first-order valence-electron chi connectivity index (χ1n) is 8.41. The summed E-state index contributed by atoms with van der Waals surface area (Å²) in [5.41, 5.74) is 3.27. The van der Waals surface area contributed by atoms with E-state index in [2.05, 4.69) is 4.72 Å². The number of anilines is 1. The molecule has 0 aliphatic rings. The standard InChI is InChI=1S/C22H19NO3S/c1-17(24)7-8-18-9-13-21(14-10-18)23-27(25,26)22-15-11-20(12-16-22)19-5-3-2-4-6-19/h2-16,23H,1H3/b8-7+. The minimum absolute atomic E-state index is 0.0428. The number of nitrogens with one attached hydrogen (secondary N) is 1. The van der Waals surface area contributed by atoms with Gasteiger partial charge in [0.2, 0.25) is 0 Å². The smallest absolute Gasteiger partial charge is 0.261 e. The quantitative estimate of drug-likeness (QED) is 0.630. The maximum absolute atomic E-state index is 12.6. The largest absolute Gasteiger partial charge is 0.295 e. The lowest BCUT2D eigenvalue weighted by Gasteiger charge is -2.09. The molecule has 0 amide bonds. The maximum atomic E-state index is 12.6. The molecule has 0 saturated heterocycles. The highest BCUT2D eigenvalue weighted by Gasteiger charge is 2.14. The molecule has 0 bridgehead atoms. The van der Waals surface area contributed by atoms with Crippen LogP contribution in [0.25, 0.3) is 17.2 Å². The molecular formula is C22H19NO3S. The van der Waals surface area contributed by atoms with Gasteiger partial charge in [0.25, 0.3) is 10.0 Å². The van der Waals surface area contributed by atoms with Crippen LogP contribution in [-0.2, 0) is 14.8 Å². The van der Waals surface area contributed by atoms with E-state index < -0.39 is 10.0 Å². The Morgan fingerprint density at radius 3 is 2.00 bits per heavy atom. The minimum atomic E-state index is -3.67. The van der Waals surface area contributed by atoms with Crippen molar-refractivity contribution in [1.29, 1.82) is 0 Å². The Labute approximate surface area is 159 Å². The molecule has 4 nitrogen and oxygen atoms in total. The Kier molecular flexibility index (Phi) is 5.52. The van der Waals surface area contributed by atoms with Gasteiger partial charge in [-0.05, 0) is 54.0 Å². The number of ketones is 1. The van der Waals surface area contributed by atoms with Crippen LogP contribution in [0.5, 0.6) is 0 Å². The Morgan fingerprint density at radius 1 is 0.815 bits per heavy atom. The normalized spacial score (nSPS) is 11.4. The first-order chi connectivity index (χ1) is 12.9. The summed E-state index contributed by atoms with van der Waals surface area (Å²) in [4.78, 5) is 11.2. The fraction of sp³-hybridized carbons (Fsp3) is 0.0455. The predicted molar refractivity (Wildman–Crippen MR) is 109 cm³/mol. The zero-order valence-electron chi connectivity index (χ0n) is 14.8. The highest BCUT2D eigenvalue weighted by molar-refractivity contribution is 7.92. The second kappa shape index (κ2) is 8.01. The minimum Gasteiger partial charge on any atom is -0.295 e. The first-order valence-corrected chi connectivity index (χ1v) is 9.89. The second-order valence-corrected chi connectivity index (χ2v) is 7.74. The summed E-state index contributed by atoms with van der Waals surface area (Å²) < 4.78 is 27.7. The van der Waals surface area contributed by atoms with Gasteiger partial charge in [-0.2, -0.15) is 0 Å². The molecule has 0 unspecified atom stereocenters. The van der Waals surface area contributed by atoms with Crippen LogP contribution >= 0.6 is 0 Å². The van der Waals surface area contributed by atoms with Crippen LogP contribution in [0.15, 0.2) is 89.8 Å². The third kappa shape index (κ3) is 4.92. The third-order valence-electron chi connectivity index (χ3n) is 3.95. The number of benzene rings is 3. The van der Waals surface area contributed by atoms with Gasteiger partial charge in [-0.25, -0.2) is 8.42 Å². The molecule has 136 valence electrons. The zero-order valence-corrected chi connectivity index (χ0v) is 15.6. The molecular weight excluding hydrogens is 358 g/mol. The van der Waals surface area contributed by atoms with Crippen LogP contribution in [0, 0.1) is 0 Å². The molecule has 3 aromatic rings. The number of allylic oxidation sites excluding steroid dienone is 1. The molecule has 0 saturated carbocycles. The number of carbonyl (C=O) groups excluding carboxylic acids is 1. The van der Waals surface area contributed by atoms with E-state index in [0.717, 1.165) is 16.7 Å². The van der Waals surface area contributed by atoms with E-state index in [4.69, 9.17) is 0 Å².